The lowest BCUT2D eigenvalue weighted by atomic mass is 10.4. The molecular formula is C19H13Br3F3O3PS. The molecule has 3 aromatic rings. The summed E-state index contributed by atoms with van der Waals surface area (Å²) in [4.78, 5) is 0. The maximum Gasteiger partial charge on any atom is 0.522 e. The standard InChI is InChI=1S/C18H12Br3P.CHF3O3S/c19-13-1-7-16(8-2-13)22(17-9-3-14(20)4-10-17)18-11-5-15(21)6-12-18;2-1(3,4)8(5,6)7/h1-12H;(H,5,6,7). The molecule has 0 fully saturated rings. The fourth-order valence-electron chi connectivity index (χ4n) is 2.22. The molecule has 0 aliphatic heterocycles. The Balaban J connectivity index is 0.000000343. The Hall–Kier alpha value is -0.770. The molecule has 0 saturated carbocycles. The van der Waals surface area contributed by atoms with Gasteiger partial charge in [-0.1, -0.05) is 84.2 Å². The van der Waals surface area contributed by atoms with Gasteiger partial charge in [-0.25, -0.2) is 0 Å². The van der Waals surface area contributed by atoms with E-state index in [1.807, 2.05) is 0 Å². The van der Waals surface area contributed by atoms with Crippen LogP contribution < -0.4 is 15.9 Å². The van der Waals surface area contributed by atoms with Crippen molar-refractivity contribution in [3.8, 4) is 0 Å². The smallest absolute Gasteiger partial charge is 0.279 e. The quantitative estimate of drug-likeness (QED) is 0.211. The Labute approximate surface area is 198 Å². The summed E-state index contributed by atoms with van der Waals surface area (Å²) in [7, 11) is -6.39. The maximum atomic E-state index is 10.7. The molecule has 160 valence electrons. The lowest BCUT2D eigenvalue weighted by Crippen LogP contribution is -2.21. The van der Waals surface area contributed by atoms with E-state index in [4.69, 9.17) is 13.0 Å². The van der Waals surface area contributed by atoms with Gasteiger partial charge >= 0.3 is 15.6 Å². The van der Waals surface area contributed by atoms with E-state index in [9.17, 15) is 13.2 Å². The first-order chi connectivity index (χ1) is 13.9. The molecule has 3 rings (SSSR count). The van der Waals surface area contributed by atoms with Gasteiger partial charge in [0.05, 0.1) is 0 Å². The molecular weight excluding hydrogens is 636 g/mol. The highest BCUT2D eigenvalue weighted by molar-refractivity contribution is 9.11. The van der Waals surface area contributed by atoms with Crippen molar-refractivity contribution in [2.24, 2.45) is 0 Å². The van der Waals surface area contributed by atoms with E-state index >= 15 is 0 Å². The van der Waals surface area contributed by atoms with Crippen LogP contribution in [0.4, 0.5) is 13.2 Å². The van der Waals surface area contributed by atoms with E-state index in [0.717, 1.165) is 13.4 Å². The van der Waals surface area contributed by atoms with Crippen LogP contribution in [0, 0.1) is 0 Å². The molecule has 0 bridgehead atoms. The van der Waals surface area contributed by atoms with Gasteiger partial charge in [0.15, 0.2) is 0 Å². The lowest BCUT2D eigenvalue weighted by Gasteiger charge is -2.19. The van der Waals surface area contributed by atoms with Crippen LogP contribution in [-0.4, -0.2) is 18.5 Å². The first-order valence-corrected chi connectivity index (χ1v) is 13.1. The molecule has 3 nitrogen and oxygen atoms in total. The number of halogens is 6. The number of hydrogen-bond donors (Lipinski definition) is 1. The molecule has 1 N–H and O–H groups in total. The summed E-state index contributed by atoms with van der Waals surface area (Å²) in [5.74, 6) is 0. The van der Waals surface area contributed by atoms with Crippen molar-refractivity contribution in [1.82, 2.24) is 0 Å². The minimum Gasteiger partial charge on any atom is -0.279 e. The van der Waals surface area contributed by atoms with E-state index in [1.54, 1.807) is 0 Å². The molecule has 0 spiro atoms. The summed E-state index contributed by atoms with van der Waals surface area (Å²) in [6.45, 7) is 0. The normalized spacial score (nSPS) is 11.7. The van der Waals surface area contributed by atoms with Crippen LogP contribution in [0.25, 0.3) is 0 Å². The van der Waals surface area contributed by atoms with Crippen molar-refractivity contribution >= 4 is 81.7 Å². The van der Waals surface area contributed by atoms with Crippen molar-refractivity contribution in [3.05, 3.63) is 86.2 Å². The first-order valence-electron chi connectivity index (χ1n) is 7.99. The average Bonchev–Trinajstić information content (AvgIpc) is 2.65. The van der Waals surface area contributed by atoms with E-state index in [2.05, 4.69) is 121 Å². The van der Waals surface area contributed by atoms with Crippen molar-refractivity contribution in [3.63, 3.8) is 0 Å². The van der Waals surface area contributed by atoms with E-state index in [1.165, 1.54) is 15.9 Å². The number of benzene rings is 3. The van der Waals surface area contributed by atoms with Crippen LogP contribution in [0.2, 0.25) is 0 Å². The fourth-order valence-corrected chi connectivity index (χ4v) is 5.25. The van der Waals surface area contributed by atoms with Crippen molar-refractivity contribution in [2.45, 2.75) is 5.51 Å². The third kappa shape index (κ3) is 7.43. The zero-order chi connectivity index (χ0) is 22.5. The Morgan fingerprint density at radius 2 is 0.833 bits per heavy atom. The van der Waals surface area contributed by atoms with Gasteiger partial charge in [0.1, 0.15) is 0 Å². The molecule has 0 unspecified atom stereocenters. The molecule has 0 aromatic heterocycles. The summed E-state index contributed by atoms with van der Waals surface area (Å²) in [5, 5.41) is 4.05. The highest BCUT2D eigenvalue weighted by atomic mass is 79.9. The molecule has 0 heterocycles. The Morgan fingerprint density at radius 3 is 1.00 bits per heavy atom. The molecule has 0 atom stereocenters. The molecule has 30 heavy (non-hydrogen) atoms. The molecule has 3 aromatic carbocycles. The summed E-state index contributed by atoms with van der Waals surface area (Å²) < 4.78 is 60.9. The minimum absolute atomic E-state index is 0.546. The fraction of sp³-hybridized carbons (Fsp3) is 0.0526. The maximum absolute atomic E-state index is 10.7. The van der Waals surface area contributed by atoms with Gasteiger partial charge in [0.25, 0.3) is 0 Å². The Morgan fingerprint density at radius 1 is 0.633 bits per heavy atom. The van der Waals surface area contributed by atoms with E-state index < -0.39 is 23.5 Å². The SMILES string of the molecule is Brc1ccc(P(c2ccc(Br)cc2)c2ccc(Br)cc2)cc1.O=S(=O)(O)C(F)(F)F. The summed E-state index contributed by atoms with van der Waals surface area (Å²) in [5.41, 5.74) is -5.53. The largest absolute Gasteiger partial charge is 0.522 e. The highest BCUT2D eigenvalue weighted by Crippen LogP contribution is 2.34. The Kier molecular flexibility index (Phi) is 9.09. The van der Waals surface area contributed by atoms with Crippen molar-refractivity contribution in [1.29, 1.82) is 0 Å². The van der Waals surface area contributed by atoms with Crippen LogP contribution >= 0.6 is 55.7 Å². The highest BCUT2D eigenvalue weighted by Gasteiger charge is 2.44. The van der Waals surface area contributed by atoms with Crippen molar-refractivity contribution in [2.75, 3.05) is 0 Å². The van der Waals surface area contributed by atoms with E-state index in [-0.39, 0.29) is 0 Å². The summed E-state index contributed by atoms with van der Waals surface area (Å²) in [6, 6.07) is 25.9. The third-order valence-electron chi connectivity index (χ3n) is 3.55. The second-order valence-corrected chi connectivity index (χ2v) is 12.1. The molecule has 11 heteroatoms. The Bertz CT molecular complexity index is 965. The van der Waals surface area contributed by atoms with Crippen LogP contribution in [-0.2, 0) is 10.1 Å². The third-order valence-corrected chi connectivity index (χ3v) is 8.16. The minimum atomic E-state index is -5.84. The number of alkyl halides is 3. The average molecular weight is 649 g/mol. The van der Waals surface area contributed by atoms with Gasteiger partial charge in [0.2, 0.25) is 0 Å². The molecule has 0 saturated heterocycles. The summed E-state index contributed by atoms with van der Waals surface area (Å²) >= 11 is 10.6. The monoisotopic (exact) mass is 646 g/mol. The number of rotatable bonds is 3. The van der Waals surface area contributed by atoms with Gasteiger partial charge in [-0.15, -0.1) is 0 Å². The zero-order valence-corrected chi connectivity index (χ0v) is 21.3. The lowest BCUT2D eigenvalue weighted by molar-refractivity contribution is -0.0510. The molecule has 0 amide bonds. The van der Waals surface area contributed by atoms with Crippen molar-refractivity contribution < 1.29 is 26.1 Å². The second kappa shape index (κ2) is 10.7. The molecule has 0 aliphatic carbocycles. The zero-order valence-electron chi connectivity index (χ0n) is 14.8. The topological polar surface area (TPSA) is 54.4 Å². The van der Waals surface area contributed by atoms with E-state index in [0.29, 0.717) is 0 Å². The van der Waals surface area contributed by atoms with Gasteiger partial charge in [-0.05, 0) is 60.2 Å². The molecule has 0 radical (unpaired) electrons. The van der Waals surface area contributed by atoms with Gasteiger partial charge in [0, 0.05) is 13.4 Å². The first kappa shape index (κ1) is 25.5. The predicted molar refractivity (Wildman–Crippen MR) is 126 cm³/mol. The number of hydrogen-bond acceptors (Lipinski definition) is 2. The van der Waals surface area contributed by atoms with Crippen LogP contribution in [0.15, 0.2) is 86.2 Å². The summed E-state index contributed by atoms with van der Waals surface area (Å²) in [6.07, 6.45) is 0. The second-order valence-electron chi connectivity index (χ2n) is 5.69. The van der Waals surface area contributed by atoms with Crippen LogP contribution in [0.1, 0.15) is 0 Å². The predicted octanol–water partition coefficient (Wildman–Crippen LogP) is 6.13. The van der Waals surface area contributed by atoms with Gasteiger partial charge in [-0.2, -0.15) is 21.6 Å². The van der Waals surface area contributed by atoms with Crippen LogP contribution in [0.5, 0.6) is 0 Å². The van der Waals surface area contributed by atoms with Crippen LogP contribution in [0.3, 0.4) is 0 Å². The van der Waals surface area contributed by atoms with Gasteiger partial charge in [-0.3, -0.25) is 4.55 Å². The molecule has 0 aliphatic rings. The van der Waals surface area contributed by atoms with Gasteiger partial charge < -0.3 is 0 Å².